The van der Waals surface area contributed by atoms with E-state index in [-0.39, 0.29) is 60.5 Å². The van der Waals surface area contributed by atoms with Crippen molar-refractivity contribution in [2.45, 2.75) is 52.1 Å². The van der Waals surface area contributed by atoms with Crippen LogP contribution < -0.4 is 35.2 Å². The summed E-state index contributed by atoms with van der Waals surface area (Å²) in [6.07, 6.45) is 17.4. The average molecular weight is 620 g/mol. The Hall–Kier alpha value is -0.486. The Kier molecular flexibility index (Phi) is 18.7. The second-order valence-corrected chi connectivity index (χ2v) is 21.7. The van der Waals surface area contributed by atoms with Gasteiger partial charge in [-0.15, -0.1) is 12.8 Å². The molecule has 0 bridgehead atoms. The number of hydrogen-bond donors (Lipinski definition) is 0. The van der Waals surface area contributed by atoms with E-state index in [9.17, 15) is 0 Å². The summed E-state index contributed by atoms with van der Waals surface area (Å²) in [6, 6.07) is 21.3. The van der Waals surface area contributed by atoms with Crippen LogP contribution >= 0.6 is 0 Å². The SMILES string of the molecule is C[Si](C)(C)C1=CC[C-]=C1.C[Si](C)(C)C1=CC[C-]=C1.[Cl-].[Cl-].[Zr+4].c1ccc([SiH]c2ccccc2)cc1. The van der Waals surface area contributed by atoms with Crippen LogP contribution in [0.1, 0.15) is 12.8 Å². The first kappa shape index (κ1) is 35.7. The van der Waals surface area contributed by atoms with Gasteiger partial charge in [0, 0.05) is 0 Å². The smallest absolute Gasteiger partial charge is 1.00 e. The molecule has 179 valence electrons. The summed E-state index contributed by atoms with van der Waals surface area (Å²) >= 11 is 0. The molecule has 0 atom stereocenters. The number of rotatable bonds is 4. The molecule has 0 spiro atoms. The molecule has 0 nitrogen and oxygen atoms in total. The molecule has 2 aromatic carbocycles. The van der Waals surface area contributed by atoms with Crippen LogP contribution in [0.5, 0.6) is 0 Å². The van der Waals surface area contributed by atoms with Gasteiger partial charge in [0.2, 0.25) is 0 Å². The van der Waals surface area contributed by atoms with E-state index in [2.05, 4.69) is 136 Å². The topological polar surface area (TPSA) is 0 Å². The predicted molar refractivity (Wildman–Crippen MR) is 147 cm³/mol. The molecule has 0 saturated carbocycles. The third-order valence-electron chi connectivity index (χ3n) is 5.06. The number of hydrogen-bond acceptors (Lipinski definition) is 0. The third kappa shape index (κ3) is 14.2. The normalized spacial score (nSPS) is 13.5. The molecular formula is C28H37Cl2Si3Zr. The van der Waals surface area contributed by atoms with Crippen LogP contribution in [0.25, 0.3) is 0 Å². The average Bonchev–Trinajstić information content (AvgIpc) is 3.44. The molecule has 0 saturated heterocycles. The van der Waals surface area contributed by atoms with Crippen molar-refractivity contribution < 1.29 is 51.0 Å². The molecule has 0 N–H and O–H groups in total. The summed E-state index contributed by atoms with van der Waals surface area (Å²) in [5.74, 6) is 0. The monoisotopic (exact) mass is 617 g/mol. The van der Waals surface area contributed by atoms with Crippen molar-refractivity contribution in [1.82, 2.24) is 0 Å². The summed E-state index contributed by atoms with van der Waals surface area (Å²) in [7, 11) is -1.69. The molecule has 0 unspecified atom stereocenters. The van der Waals surface area contributed by atoms with Gasteiger partial charge in [0.15, 0.2) is 0 Å². The van der Waals surface area contributed by atoms with Gasteiger partial charge in [0.1, 0.15) is 9.52 Å². The van der Waals surface area contributed by atoms with Crippen molar-refractivity contribution in [3.8, 4) is 0 Å². The molecule has 1 radical (unpaired) electrons. The second kappa shape index (κ2) is 17.9. The molecule has 4 rings (SSSR count). The number of benzene rings is 2. The summed E-state index contributed by atoms with van der Waals surface area (Å²) in [5, 5.41) is 6.02. The van der Waals surface area contributed by atoms with Crippen LogP contribution in [0, 0.1) is 12.2 Å². The van der Waals surface area contributed by atoms with Gasteiger partial charge in [-0.1, -0.05) is 110 Å². The number of allylic oxidation sites excluding steroid dienone is 8. The van der Waals surface area contributed by atoms with E-state index < -0.39 is 16.1 Å². The molecule has 0 aliphatic heterocycles. The van der Waals surface area contributed by atoms with Crippen molar-refractivity contribution in [3.63, 3.8) is 0 Å². The van der Waals surface area contributed by atoms with E-state index in [4.69, 9.17) is 0 Å². The van der Waals surface area contributed by atoms with E-state index in [1.807, 2.05) is 0 Å². The van der Waals surface area contributed by atoms with Crippen LogP contribution in [-0.2, 0) is 26.2 Å². The Bertz CT molecular complexity index is 846. The first-order valence-electron chi connectivity index (χ1n) is 11.2. The Labute approximate surface area is 244 Å². The second-order valence-electron chi connectivity index (χ2n) is 9.89. The largest absolute Gasteiger partial charge is 4.00 e. The fraction of sp³-hybridized carbons (Fsp3) is 0.286. The molecule has 0 fully saturated rings. The van der Waals surface area contributed by atoms with Crippen LogP contribution in [0.4, 0.5) is 0 Å². The van der Waals surface area contributed by atoms with Gasteiger partial charge >= 0.3 is 26.2 Å². The van der Waals surface area contributed by atoms with E-state index in [0.29, 0.717) is 0 Å². The number of halogens is 2. The molecule has 2 aliphatic rings. The predicted octanol–water partition coefficient (Wildman–Crippen LogP) is 0.186. The van der Waals surface area contributed by atoms with Crippen LogP contribution in [0.15, 0.2) is 95.4 Å². The zero-order chi connectivity index (χ0) is 22.7. The van der Waals surface area contributed by atoms with Gasteiger partial charge < -0.3 is 24.8 Å². The van der Waals surface area contributed by atoms with Crippen LogP contribution in [-0.4, -0.2) is 25.7 Å². The minimum Gasteiger partial charge on any atom is -1.00 e. The van der Waals surface area contributed by atoms with Gasteiger partial charge in [-0.3, -0.25) is 12.2 Å². The zero-order valence-corrected chi connectivity index (χ0v) is 28.5. The van der Waals surface area contributed by atoms with Gasteiger partial charge in [-0.05, 0) is 16.1 Å². The Balaban J connectivity index is 0. The van der Waals surface area contributed by atoms with E-state index in [0.717, 1.165) is 12.8 Å². The molecule has 2 aromatic rings. The molecule has 0 heterocycles. The van der Waals surface area contributed by atoms with Gasteiger partial charge in [-0.2, -0.15) is 12.2 Å². The molecule has 6 heteroatoms. The van der Waals surface area contributed by atoms with E-state index >= 15 is 0 Å². The molecular weight excluding hydrogens is 583 g/mol. The fourth-order valence-electron chi connectivity index (χ4n) is 3.13. The van der Waals surface area contributed by atoms with E-state index in [1.54, 1.807) is 10.4 Å². The molecule has 2 aliphatic carbocycles. The van der Waals surface area contributed by atoms with E-state index in [1.165, 1.54) is 10.4 Å². The van der Waals surface area contributed by atoms with Crippen molar-refractivity contribution in [2.75, 3.05) is 0 Å². The first-order chi connectivity index (χ1) is 14.7. The Morgan fingerprint density at radius 1 is 0.588 bits per heavy atom. The molecule has 34 heavy (non-hydrogen) atoms. The minimum atomic E-state index is -0.981. The summed E-state index contributed by atoms with van der Waals surface area (Å²) in [5.41, 5.74) is 0. The van der Waals surface area contributed by atoms with Crippen LogP contribution in [0.3, 0.4) is 0 Å². The van der Waals surface area contributed by atoms with Gasteiger partial charge in [0.25, 0.3) is 0 Å². The Morgan fingerprint density at radius 3 is 1.12 bits per heavy atom. The third-order valence-corrected chi connectivity index (χ3v) is 10.7. The summed E-state index contributed by atoms with van der Waals surface area (Å²) in [6.45, 7) is 14.2. The van der Waals surface area contributed by atoms with Gasteiger partial charge in [-0.25, -0.2) is 22.5 Å². The maximum Gasteiger partial charge on any atom is 4.00 e. The van der Waals surface area contributed by atoms with Crippen LogP contribution in [0.2, 0.25) is 39.3 Å². The van der Waals surface area contributed by atoms with Crippen molar-refractivity contribution in [1.29, 1.82) is 0 Å². The maximum atomic E-state index is 3.20. The molecule has 0 amide bonds. The summed E-state index contributed by atoms with van der Waals surface area (Å²) < 4.78 is 0. The van der Waals surface area contributed by atoms with Crippen molar-refractivity contribution in [3.05, 3.63) is 108 Å². The van der Waals surface area contributed by atoms with Gasteiger partial charge in [0.05, 0.1) is 0 Å². The standard InChI is InChI=1S/C12H11Si.2C8H13Si.2ClH.Zr/c1-3-7-11(8-4-1)13-12-9-5-2-6-10-12;2*1-9(2,3)8-6-4-5-7-8;;;/h1-10,13H;2*6-7H,4H2,1-3H3;2*1H;/q;2*-1;;;+4/p-2. The minimum absolute atomic E-state index is 0. The summed E-state index contributed by atoms with van der Waals surface area (Å²) in [4.78, 5) is 0. The molecule has 0 aromatic heterocycles. The first-order valence-corrected chi connectivity index (χ1v) is 19.3. The zero-order valence-electron chi connectivity index (χ0n) is 21.3. The van der Waals surface area contributed by atoms with Crippen molar-refractivity contribution >= 4 is 36.0 Å². The quantitative estimate of drug-likeness (QED) is 0.339. The fourth-order valence-corrected chi connectivity index (χ4v) is 6.84. The maximum absolute atomic E-state index is 3.20. The van der Waals surface area contributed by atoms with Crippen molar-refractivity contribution in [2.24, 2.45) is 0 Å². The Morgan fingerprint density at radius 2 is 0.912 bits per heavy atom.